The summed E-state index contributed by atoms with van der Waals surface area (Å²) >= 11 is 0. The second-order valence-electron chi connectivity index (χ2n) is 3.50. The van der Waals surface area contributed by atoms with Gasteiger partial charge in [-0.25, -0.2) is 0 Å². The van der Waals surface area contributed by atoms with Crippen LogP contribution in [0.2, 0.25) is 0 Å². The topological polar surface area (TPSA) is 27.7 Å². The van der Waals surface area contributed by atoms with E-state index in [-0.39, 0.29) is 12.4 Å². The maximum absolute atomic E-state index is 5.69. The van der Waals surface area contributed by atoms with Crippen LogP contribution in [0.5, 0.6) is 0 Å². The van der Waals surface area contributed by atoms with Crippen LogP contribution in [0.15, 0.2) is 0 Å². The molecule has 3 unspecified atom stereocenters. The molecule has 12 heavy (non-hydrogen) atoms. The molecule has 70 valence electrons. The average Bonchev–Trinajstić information content (AvgIpc) is 2.17. The summed E-state index contributed by atoms with van der Waals surface area (Å²) in [5, 5.41) is 0. The van der Waals surface area contributed by atoms with Crippen molar-refractivity contribution >= 4 is 0 Å². The van der Waals surface area contributed by atoms with E-state index in [0.29, 0.717) is 12.7 Å². The Morgan fingerprint density at radius 2 is 1.92 bits per heavy atom. The van der Waals surface area contributed by atoms with E-state index in [0.717, 1.165) is 12.8 Å². The monoisotopic (exact) mass is 172 g/mol. The fourth-order valence-corrected chi connectivity index (χ4v) is 1.97. The molecule has 0 aromatic carbocycles. The lowest BCUT2D eigenvalue weighted by Crippen LogP contribution is -2.45. The smallest absolute Gasteiger partial charge is 0.180 e. The Morgan fingerprint density at radius 3 is 2.67 bits per heavy atom. The van der Waals surface area contributed by atoms with Crippen molar-refractivity contribution in [3.8, 4) is 0 Å². The number of fused-ring (bicyclic) bond motifs is 1. The summed E-state index contributed by atoms with van der Waals surface area (Å²) in [7, 11) is 1.66. The van der Waals surface area contributed by atoms with Crippen molar-refractivity contribution in [1.29, 1.82) is 0 Å². The van der Waals surface area contributed by atoms with Crippen LogP contribution in [0.3, 0.4) is 0 Å². The molecule has 0 aromatic rings. The molecule has 1 aliphatic heterocycles. The minimum atomic E-state index is -0.135. The highest BCUT2D eigenvalue weighted by atomic mass is 16.7. The molecule has 0 amide bonds. The standard InChI is InChI=1S/C9H16O3/c1-10-9-6-11-7-4-2-3-5-8(7)12-9/h7-9H,2-6H2,1H3. The largest absolute Gasteiger partial charge is 0.370 e. The van der Waals surface area contributed by atoms with Crippen LogP contribution in [0, 0.1) is 0 Å². The first-order chi connectivity index (χ1) is 5.90. The summed E-state index contributed by atoms with van der Waals surface area (Å²) < 4.78 is 16.4. The highest BCUT2D eigenvalue weighted by Gasteiger charge is 2.33. The van der Waals surface area contributed by atoms with E-state index in [2.05, 4.69) is 0 Å². The zero-order chi connectivity index (χ0) is 8.39. The van der Waals surface area contributed by atoms with Gasteiger partial charge in [0.05, 0.1) is 18.8 Å². The average molecular weight is 172 g/mol. The van der Waals surface area contributed by atoms with Crippen molar-refractivity contribution in [3.05, 3.63) is 0 Å². The molecule has 1 saturated carbocycles. The highest BCUT2D eigenvalue weighted by Crippen LogP contribution is 2.28. The Balaban J connectivity index is 1.90. The molecule has 0 bridgehead atoms. The lowest BCUT2D eigenvalue weighted by atomic mass is 9.94. The van der Waals surface area contributed by atoms with E-state index >= 15 is 0 Å². The molecule has 0 N–H and O–H groups in total. The molecule has 0 spiro atoms. The summed E-state index contributed by atoms with van der Waals surface area (Å²) in [6.07, 6.45) is 5.32. The van der Waals surface area contributed by atoms with Gasteiger partial charge in [-0.1, -0.05) is 12.8 Å². The highest BCUT2D eigenvalue weighted by molar-refractivity contribution is 4.79. The third kappa shape index (κ3) is 1.63. The normalized spacial score (nSPS) is 42.2. The van der Waals surface area contributed by atoms with Gasteiger partial charge in [0.25, 0.3) is 0 Å². The third-order valence-electron chi connectivity index (χ3n) is 2.68. The predicted octanol–water partition coefficient (Wildman–Crippen LogP) is 1.32. The fraction of sp³-hybridized carbons (Fsp3) is 1.00. The van der Waals surface area contributed by atoms with Gasteiger partial charge in [-0.2, -0.15) is 0 Å². The Labute approximate surface area is 73.0 Å². The second-order valence-corrected chi connectivity index (χ2v) is 3.50. The van der Waals surface area contributed by atoms with Gasteiger partial charge in [0.1, 0.15) is 0 Å². The van der Waals surface area contributed by atoms with Gasteiger partial charge in [-0.3, -0.25) is 0 Å². The molecule has 2 aliphatic rings. The van der Waals surface area contributed by atoms with E-state index in [1.54, 1.807) is 7.11 Å². The minimum absolute atomic E-state index is 0.135. The Bertz CT molecular complexity index is 149. The van der Waals surface area contributed by atoms with Crippen molar-refractivity contribution in [3.63, 3.8) is 0 Å². The molecule has 1 aliphatic carbocycles. The minimum Gasteiger partial charge on any atom is -0.370 e. The molecule has 0 aromatic heterocycles. The van der Waals surface area contributed by atoms with Crippen molar-refractivity contribution in [2.45, 2.75) is 44.2 Å². The van der Waals surface area contributed by atoms with Crippen LogP contribution >= 0.6 is 0 Å². The van der Waals surface area contributed by atoms with Gasteiger partial charge in [-0.15, -0.1) is 0 Å². The van der Waals surface area contributed by atoms with Gasteiger partial charge in [0.15, 0.2) is 6.29 Å². The van der Waals surface area contributed by atoms with Gasteiger partial charge >= 0.3 is 0 Å². The summed E-state index contributed by atoms with van der Waals surface area (Å²) in [4.78, 5) is 0. The molecule has 3 atom stereocenters. The first-order valence-electron chi connectivity index (χ1n) is 4.70. The van der Waals surface area contributed by atoms with E-state index in [4.69, 9.17) is 14.2 Å². The quantitative estimate of drug-likeness (QED) is 0.597. The second kappa shape index (κ2) is 3.73. The van der Waals surface area contributed by atoms with E-state index in [1.165, 1.54) is 12.8 Å². The molecule has 2 rings (SSSR count). The van der Waals surface area contributed by atoms with Crippen LogP contribution in [-0.2, 0) is 14.2 Å². The summed E-state index contributed by atoms with van der Waals surface area (Å²) in [6, 6.07) is 0. The zero-order valence-corrected chi connectivity index (χ0v) is 7.49. The van der Waals surface area contributed by atoms with Gasteiger partial charge in [0.2, 0.25) is 0 Å². The number of rotatable bonds is 1. The number of methoxy groups -OCH3 is 1. The van der Waals surface area contributed by atoms with Crippen molar-refractivity contribution in [2.75, 3.05) is 13.7 Å². The van der Waals surface area contributed by atoms with Crippen molar-refractivity contribution in [1.82, 2.24) is 0 Å². The van der Waals surface area contributed by atoms with Gasteiger partial charge < -0.3 is 14.2 Å². The Hall–Kier alpha value is -0.120. The summed E-state index contributed by atoms with van der Waals surface area (Å²) in [6.45, 7) is 0.595. The van der Waals surface area contributed by atoms with Gasteiger partial charge in [0, 0.05) is 7.11 Å². The predicted molar refractivity (Wildman–Crippen MR) is 43.9 cm³/mol. The zero-order valence-electron chi connectivity index (χ0n) is 7.49. The van der Waals surface area contributed by atoms with Crippen LogP contribution in [-0.4, -0.2) is 32.2 Å². The van der Waals surface area contributed by atoms with Gasteiger partial charge in [-0.05, 0) is 12.8 Å². The molecular formula is C9H16O3. The van der Waals surface area contributed by atoms with Crippen molar-refractivity contribution < 1.29 is 14.2 Å². The van der Waals surface area contributed by atoms with Crippen LogP contribution < -0.4 is 0 Å². The van der Waals surface area contributed by atoms with E-state index in [9.17, 15) is 0 Å². The molecular weight excluding hydrogens is 156 g/mol. The first-order valence-corrected chi connectivity index (χ1v) is 4.70. The van der Waals surface area contributed by atoms with E-state index < -0.39 is 0 Å². The SMILES string of the molecule is COC1COC2CCCCC2O1. The molecule has 2 fully saturated rings. The molecule has 1 saturated heterocycles. The molecule has 0 radical (unpaired) electrons. The lowest BCUT2D eigenvalue weighted by Gasteiger charge is -2.38. The molecule has 3 nitrogen and oxygen atoms in total. The number of hydrogen-bond acceptors (Lipinski definition) is 3. The van der Waals surface area contributed by atoms with Crippen LogP contribution in [0.25, 0.3) is 0 Å². The lowest BCUT2D eigenvalue weighted by molar-refractivity contribution is -0.265. The number of ether oxygens (including phenoxy) is 3. The Morgan fingerprint density at radius 1 is 1.17 bits per heavy atom. The van der Waals surface area contributed by atoms with Crippen LogP contribution in [0.1, 0.15) is 25.7 Å². The summed E-state index contributed by atoms with van der Waals surface area (Å²) in [5.74, 6) is 0. The Kier molecular flexibility index (Phi) is 2.63. The third-order valence-corrected chi connectivity index (χ3v) is 2.68. The van der Waals surface area contributed by atoms with Crippen molar-refractivity contribution in [2.24, 2.45) is 0 Å². The van der Waals surface area contributed by atoms with E-state index in [1.807, 2.05) is 0 Å². The molecule has 3 heteroatoms. The maximum Gasteiger partial charge on any atom is 0.180 e. The van der Waals surface area contributed by atoms with Crippen LogP contribution in [0.4, 0.5) is 0 Å². The molecule has 1 heterocycles. The summed E-state index contributed by atoms with van der Waals surface area (Å²) in [5.41, 5.74) is 0. The fourth-order valence-electron chi connectivity index (χ4n) is 1.97. The first kappa shape index (κ1) is 8.48. The number of hydrogen-bond donors (Lipinski definition) is 0. The maximum atomic E-state index is 5.69.